The van der Waals surface area contributed by atoms with Crippen LogP contribution < -0.4 is 5.56 Å². The third-order valence-electron chi connectivity index (χ3n) is 4.18. The van der Waals surface area contributed by atoms with E-state index in [2.05, 4.69) is 4.98 Å². The Labute approximate surface area is 127 Å². The molecule has 116 valence electrons. The fourth-order valence-electron chi connectivity index (χ4n) is 3.03. The quantitative estimate of drug-likeness (QED) is 0.880. The first-order valence-electron chi connectivity index (χ1n) is 7.77. The van der Waals surface area contributed by atoms with Crippen LogP contribution in [0.25, 0.3) is 10.9 Å². The van der Waals surface area contributed by atoms with Crippen LogP contribution in [0.1, 0.15) is 42.5 Å². The topological polar surface area (TPSA) is 53.2 Å². The SMILES string of the molecule is O=C(c1cc(=O)[nH]c2cc(F)ccc12)N1CCCCCCC1. The Balaban J connectivity index is 2.00. The minimum atomic E-state index is -0.431. The lowest BCUT2D eigenvalue weighted by atomic mass is 10.0. The molecule has 0 aliphatic carbocycles. The molecule has 0 bridgehead atoms. The fraction of sp³-hybridized carbons (Fsp3) is 0.412. The zero-order valence-corrected chi connectivity index (χ0v) is 12.4. The average molecular weight is 302 g/mol. The average Bonchev–Trinajstić information content (AvgIpc) is 2.45. The fourth-order valence-corrected chi connectivity index (χ4v) is 3.03. The molecule has 1 saturated heterocycles. The van der Waals surface area contributed by atoms with Crippen LogP contribution in [0.15, 0.2) is 29.1 Å². The summed E-state index contributed by atoms with van der Waals surface area (Å²) in [6.45, 7) is 1.43. The second-order valence-corrected chi connectivity index (χ2v) is 5.80. The summed E-state index contributed by atoms with van der Waals surface area (Å²) < 4.78 is 13.3. The van der Waals surface area contributed by atoms with E-state index in [-0.39, 0.29) is 11.5 Å². The standard InChI is InChI=1S/C17H19FN2O2/c18-12-6-7-13-14(11-16(21)19-15(13)10-12)17(22)20-8-4-2-1-3-5-9-20/h6-7,10-11H,1-5,8-9H2,(H,19,21). The molecule has 1 aromatic heterocycles. The van der Waals surface area contributed by atoms with Gasteiger partial charge in [-0.2, -0.15) is 0 Å². The monoisotopic (exact) mass is 302 g/mol. The highest BCUT2D eigenvalue weighted by Gasteiger charge is 2.19. The molecule has 1 aliphatic heterocycles. The number of nitrogens with zero attached hydrogens (tertiary/aromatic N) is 1. The maximum atomic E-state index is 13.3. The van der Waals surface area contributed by atoms with Gasteiger partial charge >= 0.3 is 0 Å². The van der Waals surface area contributed by atoms with Crippen LogP contribution in [0.3, 0.4) is 0 Å². The van der Waals surface area contributed by atoms with Crippen molar-refractivity contribution in [2.75, 3.05) is 13.1 Å². The van der Waals surface area contributed by atoms with Crippen LogP contribution in [0.5, 0.6) is 0 Å². The Morgan fingerprint density at radius 3 is 2.45 bits per heavy atom. The van der Waals surface area contributed by atoms with Gasteiger partial charge in [0.25, 0.3) is 5.91 Å². The summed E-state index contributed by atoms with van der Waals surface area (Å²) in [6, 6.07) is 5.44. The number of halogens is 1. The number of aromatic nitrogens is 1. The molecular formula is C17H19FN2O2. The summed E-state index contributed by atoms with van der Waals surface area (Å²) >= 11 is 0. The van der Waals surface area contributed by atoms with Gasteiger partial charge in [0.2, 0.25) is 5.56 Å². The molecule has 2 aromatic rings. The van der Waals surface area contributed by atoms with E-state index in [1.807, 2.05) is 4.90 Å². The predicted octanol–water partition coefficient (Wildman–Crippen LogP) is 3.07. The first-order chi connectivity index (χ1) is 10.6. The van der Waals surface area contributed by atoms with Gasteiger partial charge in [-0.15, -0.1) is 0 Å². The van der Waals surface area contributed by atoms with Gasteiger partial charge < -0.3 is 9.88 Å². The van der Waals surface area contributed by atoms with E-state index < -0.39 is 5.82 Å². The number of amides is 1. The van der Waals surface area contributed by atoms with E-state index in [1.165, 1.54) is 24.6 Å². The van der Waals surface area contributed by atoms with Crippen LogP contribution >= 0.6 is 0 Å². The van der Waals surface area contributed by atoms with Crippen molar-refractivity contribution in [3.63, 3.8) is 0 Å². The van der Waals surface area contributed by atoms with Gasteiger partial charge in [0.15, 0.2) is 0 Å². The lowest BCUT2D eigenvalue weighted by molar-refractivity contribution is 0.0744. The highest BCUT2D eigenvalue weighted by Crippen LogP contribution is 2.20. The van der Waals surface area contributed by atoms with Crippen molar-refractivity contribution in [1.29, 1.82) is 0 Å². The van der Waals surface area contributed by atoms with E-state index in [9.17, 15) is 14.0 Å². The van der Waals surface area contributed by atoms with Gasteiger partial charge in [-0.1, -0.05) is 19.3 Å². The first kappa shape index (κ1) is 14.8. The Bertz CT molecular complexity index is 746. The second kappa shape index (κ2) is 6.30. The maximum Gasteiger partial charge on any atom is 0.254 e. The van der Waals surface area contributed by atoms with Crippen LogP contribution in [-0.4, -0.2) is 28.9 Å². The van der Waals surface area contributed by atoms with Crippen LogP contribution in [0, 0.1) is 5.82 Å². The van der Waals surface area contributed by atoms with Crippen molar-refractivity contribution in [2.45, 2.75) is 32.1 Å². The van der Waals surface area contributed by atoms with Crippen molar-refractivity contribution >= 4 is 16.8 Å². The third-order valence-corrected chi connectivity index (χ3v) is 4.18. The number of H-pyrrole nitrogens is 1. The number of rotatable bonds is 1. The van der Waals surface area contributed by atoms with E-state index in [4.69, 9.17) is 0 Å². The molecule has 1 amide bonds. The molecule has 5 heteroatoms. The normalized spacial score (nSPS) is 16.3. The minimum Gasteiger partial charge on any atom is -0.339 e. The summed E-state index contributed by atoms with van der Waals surface area (Å²) in [5.41, 5.74) is 0.343. The molecule has 0 spiro atoms. The Hall–Kier alpha value is -2.17. The molecule has 0 saturated carbocycles. The number of hydrogen-bond acceptors (Lipinski definition) is 2. The molecule has 0 atom stereocenters. The summed E-state index contributed by atoms with van der Waals surface area (Å²) in [4.78, 5) is 29.0. The number of aromatic amines is 1. The molecular weight excluding hydrogens is 283 g/mol. The molecule has 1 aliphatic rings. The lowest BCUT2D eigenvalue weighted by Crippen LogP contribution is -2.34. The number of carbonyl (C=O) groups is 1. The predicted molar refractivity (Wildman–Crippen MR) is 83.5 cm³/mol. The first-order valence-corrected chi connectivity index (χ1v) is 7.77. The van der Waals surface area contributed by atoms with Gasteiger partial charge in [-0.25, -0.2) is 4.39 Å². The molecule has 1 fully saturated rings. The number of benzene rings is 1. The summed E-state index contributed by atoms with van der Waals surface area (Å²) in [5.74, 6) is -0.566. The Morgan fingerprint density at radius 1 is 1.05 bits per heavy atom. The largest absolute Gasteiger partial charge is 0.339 e. The van der Waals surface area contributed by atoms with Gasteiger partial charge in [0.1, 0.15) is 5.82 Å². The molecule has 22 heavy (non-hydrogen) atoms. The molecule has 0 unspecified atom stereocenters. The summed E-state index contributed by atoms with van der Waals surface area (Å²) in [6.07, 6.45) is 5.45. The van der Waals surface area contributed by atoms with Crippen molar-refractivity contribution in [1.82, 2.24) is 9.88 Å². The van der Waals surface area contributed by atoms with Crippen molar-refractivity contribution in [3.8, 4) is 0 Å². The van der Waals surface area contributed by atoms with E-state index in [0.29, 0.717) is 29.6 Å². The highest BCUT2D eigenvalue weighted by atomic mass is 19.1. The maximum absolute atomic E-state index is 13.3. The second-order valence-electron chi connectivity index (χ2n) is 5.80. The molecule has 3 rings (SSSR count). The van der Waals surface area contributed by atoms with E-state index >= 15 is 0 Å². The third kappa shape index (κ3) is 3.03. The number of carbonyl (C=O) groups excluding carboxylic acids is 1. The van der Waals surface area contributed by atoms with Crippen LogP contribution in [0.4, 0.5) is 4.39 Å². The highest BCUT2D eigenvalue weighted by molar-refractivity contribution is 6.05. The molecule has 1 N–H and O–H groups in total. The molecule has 0 radical (unpaired) electrons. The Kier molecular flexibility index (Phi) is 4.22. The van der Waals surface area contributed by atoms with Crippen molar-refractivity contribution < 1.29 is 9.18 Å². The zero-order chi connectivity index (χ0) is 15.5. The number of nitrogens with one attached hydrogen (secondary N) is 1. The number of hydrogen-bond donors (Lipinski definition) is 1. The molecule has 1 aromatic carbocycles. The Morgan fingerprint density at radius 2 is 1.73 bits per heavy atom. The number of fused-ring (bicyclic) bond motifs is 1. The van der Waals surface area contributed by atoms with Gasteiger partial charge in [0.05, 0.1) is 11.1 Å². The van der Waals surface area contributed by atoms with Crippen molar-refractivity contribution in [3.05, 3.63) is 46.0 Å². The summed E-state index contributed by atoms with van der Waals surface area (Å²) in [5, 5.41) is 0.591. The zero-order valence-electron chi connectivity index (χ0n) is 12.4. The van der Waals surface area contributed by atoms with Crippen molar-refractivity contribution in [2.24, 2.45) is 0 Å². The number of pyridine rings is 1. The van der Waals surface area contributed by atoms with Crippen LogP contribution in [-0.2, 0) is 0 Å². The van der Waals surface area contributed by atoms with Crippen LogP contribution in [0.2, 0.25) is 0 Å². The minimum absolute atomic E-state index is 0.135. The van der Waals surface area contributed by atoms with E-state index in [0.717, 1.165) is 25.7 Å². The number of likely N-dealkylation sites (tertiary alicyclic amines) is 1. The molecule has 2 heterocycles. The molecule has 4 nitrogen and oxygen atoms in total. The smallest absolute Gasteiger partial charge is 0.254 e. The summed E-state index contributed by atoms with van der Waals surface area (Å²) in [7, 11) is 0. The lowest BCUT2D eigenvalue weighted by Gasteiger charge is -2.25. The van der Waals surface area contributed by atoms with Gasteiger partial charge in [0, 0.05) is 24.5 Å². The van der Waals surface area contributed by atoms with Gasteiger partial charge in [-0.3, -0.25) is 9.59 Å². The van der Waals surface area contributed by atoms with Gasteiger partial charge in [-0.05, 0) is 31.0 Å². The van der Waals surface area contributed by atoms with E-state index in [1.54, 1.807) is 6.07 Å².